The molecule has 0 spiro atoms. The number of anilines is 1. The normalized spacial score (nSPS) is 10.7. The summed E-state index contributed by atoms with van der Waals surface area (Å²) < 4.78 is 0. The van der Waals surface area contributed by atoms with Crippen molar-refractivity contribution in [3.63, 3.8) is 0 Å². The summed E-state index contributed by atoms with van der Waals surface area (Å²) in [6, 6.07) is 7.11. The van der Waals surface area contributed by atoms with Crippen molar-refractivity contribution in [2.75, 3.05) is 5.32 Å². The van der Waals surface area contributed by atoms with E-state index in [0.29, 0.717) is 5.69 Å². The molecular weight excluding hydrogens is 230 g/mol. The molecule has 0 bridgehead atoms. The van der Waals surface area contributed by atoms with Gasteiger partial charge >= 0.3 is 6.03 Å². The first kappa shape index (κ1) is 14.0. The summed E-state index contributed by atoms with van der Waals surface area (Å²) in [5.41, 5.74) is 6.37. The van der Waals surface area contributed by atoms with E-state index in [1.807, 2.05) is 24.3 Å². The molecule has 0 aliphatic heterocycles. The lowest BCUT2D eigenvalue weighted by atomic mass is 9.87. The van der Waals surface area contributed by atoms with Gasteiger partial charge in [-0.2, -0.15) is 0 Å². The number of rotatable bonds is 1. The second kappa shape index (κ2) is 5.53. The molecule has 0 atom stereocenters. The van der Waals surface area contributed by atoms with Crippen molar-refractivity contribution in [2.24, 2.45) is 0 Å². The Morgan fingerprint density at radius 1 is 1.00 bits per heavy atom. The lowest BCUT2D eigenvalue weighted by Gasteiger charge is -2.19. The number of hydrazine groups is 1. The second-order valence-corrected chi connectivity index (χ2v) is 5.09. The van der Waals surface area contributed by atoms with Gasteiger partial charge in [-0.15, -0.1) is 0 Å². The summed E-state index contributed by atoms with van der Waals surface area (Å²) in [4.78, 5) is 22.0. The molecule has 0 aromatic heterocycles. The van der Waals surface area contributed by atoms with E-state index in [-0.39, 0.29) is 11.3 Å². The number of carbonyl (C=O) groups is 2. The van der Waals surface area contributed by atoms with Crippen molar-refractivity contribution in [1.29, 1.82) is 0 Å². The van der Waals surface area contributed by atoms with Crippen LogP contribution < -0.4 is 16.2 Å². The molecule has 0 aliphatic rings. The Labute approximate surface area is 107 Å². The van der Waals surface area contributed by atoms with Gasteiger partial charge in [-0.3, -0.25) is 10.2 Å². The number of carbonyl (C=O) groups excluding carboxylic acids is 2. The van der Waals surface area contributed by atoms with Gasteiger partial charge in [0.1, 0.15) is 0 Å². The van der Waals surface area contributed by atoms with Gasteiger partial charge in [-0.05, 0) is 23.1 Å². The quantitative estimate of drug-likeness (QED) is 0.667. The van der Waals surface area contributed by atoms with Gasteiger partial charge in [-0.25, -0.2) is 10.2 Å². The van der Waals surface area contributed by atoms with E-state index in [4.69, 9.17) is 0 Å². The second-order valence-electron chi connectivity index (χ2n) is 5.09. The number of urea groups is 1. The van der Waals surface area contributed by atoms with E-state index in [1.54, 1.807) is 0 Å². The summed E-state index contributed by atoms with van der Waals surface area (Å²) in [5.74, 6) is -0.326. The third-order valence-corrected chi connectivity index (χ3v) is 2.36. The Hall–Kier alpha value is -2.04. The average Bonchev–Trinajstić information content (AvgIpc) is 2.26. The summed E-state index contributed by atoms with van der Waals surface area (Å²) in [7, 11) is 0. The molecule has 0 unspecified atom stereocenters. The maximum atomic E-state index is 11.4. The van der Waals surface area contributed by atoms with Gasteiger partial charge in [0.2, 0.25) is 5.91 Å². The van der Waals surface area contributed by atoms with Crippen molar-refractivity contribution in [3.8, 4) is 0 Å². The minimum absolute atomic E-state index is 0.0803. The lowest BCUT2D eigenvalue weighted by Crippen LogP contribution is -2.42. The molecular formula is C13H19N3O2. The fourth-order valence-electron chi connectivity index (χ4n) is 1.36. The van der Waals surface area contributed by atoms with E-state index in [9.17, 15) is 9.59 Å². The van der Waals surface area contributed by atoms with Gasteiger partial charge < -0.3 is 5.32 Å². The van der Waals surface area contributed by atoms with Crippen molar-refractivity contribution in [3.05, 3.63) is 29.8 Å². The molecule has 1 rings (SSSR count). The minimum Gasteiger partial charge on any atom is -0.307 e. The molecule has 0 aliphatic carbocycles. The summed E-state index contributed by atoms with van der Waals surface area (Å²) in [6.07, 6.45) is 0. The molecule has 18 heavy (non-hydrogen) atoms. The number of nitrogens with one attached hydrogen (secondary N) is 3. The van der Waals surface area contributed by atoms with E-state index < -0.39 is 6.03 Å². The van der Waals surface area contributed by atoms with Crippen LogP contribution in [0.2, 0.25) is 0 Å². The van der Waals surface area contributed by atoms with Gasteiger partial charge in [-0.1, -0.05) is 32.9 Å². The monoisotopic (exact) mass is 249 g/mol. The van der Waals surface area contributed by atoms with Crippen LogP contribution in [0.5, 0.6) is 0 Å². The fraction of sp³-hybridized carbons (Fsp3) is 0.385. The first-order chi connectivity index (χ1) is 8.29. The SMILES string of the molecule is CC(=O)NNC(=O)Nc1ccc(C(C)(C)C)cc1. The molecule has 98 valence electrons. The molecule has 3 amide bonds. The van der Waals surface area contributed by atoms with Crippen LogP contribution in [0.4, 0.5) is 10.5 Å². The van der Waals surface area contributed by atoms with Crippen LogP contribution in [-0.2, 0) is 10.2 Å². The molecule has 0 saturated carbocycles. The maximum absolute atomic E-state index is 11.4. The van der Waals surface area contributed by atoms with Crippen LogP contribution in [-0.4, -0.2) is 11.9 Å². The van der Waals surface area contributed by atoms with Crippen LogP contribution >= 0.6 is 0 Å². The zero-order chi connectivity index (χ0) is 13.8. The number of amides is 3. The largest absolute Gasteiger partial charge is 0.337 e. The van der Waals surface area contributed by atoms with Crippen LogP contribution in [0.25, 0.3) is 0 Å². The predicted molar refractivity (Wildman–Crippen MR) is 71.1 cm³/mol. The number of benzene rings is 1. The van der Waals surface area contributed by atoms with Crippen LogP contribution in [0.15, 0.2) is 24.3 Å². The van der Waals surface area contributed by atoms with Crippen molar-refractivity contribution >= 4 is 17.6 Å². The zero-order valence-corrected chi connectivity index (χ0v) is 11.1. The molecule has 0 saturated heterocycles. The van der Waals surface area contributed by atoms with Gasteiger partial charge in [0, 0.05) is 12.6 Å². The Balaban J connectivity index is 2.59. The van der Waals surface area contributed by atoms with Crippen molar-refractivity contribution in [2.45, 2.75) is 33.1 Å². The van der Waals surface area contributed by atoms with E-state index in [0.717, 1.165) is 0 Å². The standard InChI is InChI=1S/C13H19N3O2/c1-9(17)15-16-12(18)14-11-7-5-10(6-8-11)13(2,3)4/h5-8H,1-4H3,(H,15,17)(H2,14,16,18). The highest BCUT2D eigenvalue weighted by molar-refractivity contribution is 5.90. The van der Waals surface area contributed by atoms with Gasteiger partial charge in [0.15, 0.2) is 0 Å². The molecule has 1 aromatic carbocycles. The van der Waals surface area contributed by atoms with Crippen LogP contribution in [0.3, 0.4) is 0 Å². The molecule has 0 heterocycles. The zero-order valence-electron chi connectivity index (χ0n) is 11.1. The first-order valence-corrected chi connectivity index (χ1v) is 5.73. The fourth-order valence-corrected chi connectivity index (χ4v) is 1.36. The minimum atomic E-state index is -0.478. The number of hydrogen-bond donors (Lipinski definition) is 3. The lowest BCUT2D eigenvalue weighted by molar-refractivity contribution is -0.119. The molecule has 5 heteroatoms. The predicted octanol–water partition coefficient (Wildman–Crippen LogP) is 2.16. The third kappa shape index (κ3) is 4.45. The highest BCUT2D eigenvalue weighted by atomic mass is 16.2. The van der Waals surface area contributed by atoms with E-state index >= 15 is 0 Å². The smallest absolute Gasteiger partial charge is 0.307 e. The summed E-state index contributed by atoms with van der Waals surface area (Å²) in [5, 5.41) is 2.61. The number of hydrogen-bond acceptors (Lipinski definition) is 2. The highest BCUT2D eigenvalue weighted by Gasteiger charge is 2.13. The first-order valence-electron chi connectivity index (χ1n) is 5.73. The topological polar surface area (TPSA) is 70.2 Å². The van der Waals surface area contributed by atoms with Crippen molar-refractivity contribution in [1.82, 2.24) is 10.9 Å². The Bertz CT molecular complexity index is 433. The van der Waals surface area contributed by atoms with Crippen LogP contribution in [0, 0.1) is 0 Å². The summed E-state index contributed by atoms with van der Waals surface area (Å²) >= 11 is 0. The van der Waals surface area contributed by atoms with Crippen molar-refractivity contribution < 1.29 is 9.59 Å². The van der Waals surface area contributed by atoms with Gasteiger partial charge in [0.05, 0.1) is 0 Å². The third-order valence-electron chi connectivity index (χ3n) is 2.36. The molecule has 1 aromatic rings. The van der Waals surface area contributed by atoms with E-state index in [1.165, 1.54) is 12.5 Å². The molecule has 0 fully saturated rings. The highest BCUT2D eigenvalue weighted by Crippen LogP contribution is 2.23. The average molecular weight is 249 g/mol. The van der Waals surface area contributed by atoms with E-state index in [2.05, 4.69) is 36.9 Å². The Morgan fingerprint density at radius 2 is 1.56 bits per heavy atom. The van der Waals surface area contributed by atoms with Gasteiger partial charge in [0.25, 0.3) is 0 Å². The maximum Gasteiger partial charge on any atom is 0.337 e. The Kier molecular flexibility index (Phi) is 4.31. The summed E-state index contributed by atoms with van der Waals surface area (Å²) in [6.45, 7) is 7.69. The Morgan fingerprint density at radius 3 is 2.00 bits per heavy atom. The van der Waals surface area contributed by atoms with Crippen LogP contribution in [0.1, 0.15) is 33.3 Å². The molecule has 0 radical (unpaired) electrons. The molecule has 5 nitrogen and oxygen atoms in total. The molecule has 3 N–H and O–H groups in total.